The Bertz CT molecular complexity index is 309. The molecule has 3 nitrogen and oxygen atoms in total. The van der Waals surface area contributed by atoms with Crippen LogP contribution in [0.25, 0.3) is 0 Å². The van der Waals surface area contributed by atoms with E-state index in [2.05, 4.69) is 17.2 Å². The van der Waals surface area contributed by atoms with Crippen molar-refractivity contribution in [2.24, 2.45) is 0 Å². The van der Waals surface area contributed by atoms with Gasteiger partial charge in [0.15, 0.2) is 0 Å². The van der Waals surface area contributed by atoms with E-state index in [0.29, 0.717) is 0 Å². The minimum Gasteiger partial charge on any atom is -0.372 e. The molecular weight excluding hydrogens is 208 g/mol. The summed E-state index contributed by atoms with van der Waals surface area (Å²) in [6.45, 7) is 5.78. The quantitative estimate of drug-likeness (QED) is 0.809. The predicted molar refractivity (Wildman–Crippen MR) is 62.0 cm³/mol. The highest BCUT2D eigenvalue weighted by Gasteiger charge is 2.20. The van der Waals surface area contributed by atoms with Crippen LogP contribution in [0, 0.1) is 0 Å². The second-order valence-electron chi connectivity index (χ2n) is 3.92. The van der Waals surface area contributed by atoms with Gasteiger partial charge in [0.1, 0.15) is 11.1 Å². The lowest BCUT2D eigenvalue weighted by atomic mass is 10.4. The number of nitrogens with zero attached hydrogens (tertiary/aromatic N) is 1. The van der Waals surface area contributed by atoms with Gasteiger partial charge in [-0.15, -0.1) is 11.3 Å². The molecule has 1 heterocycles. The van der Waals surface area contributed by atoms with Crippen LogP contribution in [0.15, 0.2) is 6.20 Å². The molecule has 1 aliphatic rings. The largest absolute Gasteiger partial charge is 0.372 e. The van der Waals surface area contributed by atoms with Crippen molar-refractivity contribution in [3.05, 3.63) is 16.1 Å². The second kappa shape index (κ2) is 5.05. The number of thiazole rings is 1. The van der Waals surface area contributed by atoms with Crippen LogP contribution in [0.3, 0.4) is 0 Å². The summed E-state index contributed by atoms with van der Waals surface area (Å²) in [6, 6.07) is 0.764. The average Bonchev–Trinajstić information content (AvgIpc) is 2.93. The molecule has 0 spiro atoms. The summed E-state index contributed by atoms with van der Waals surface area (Å²) >= 11 is 1.75. The van der Waals surface area contributed by atoms with Crippen molar-refractivity contribution in [2.45, 2.75) is 45.4 Å². The standard InChI is InChI=1S/C11H18N2OS/c1-3-14-8(2)11-13-7-10(15-11)6-12-9-4-5-9/h7-9,12H,3-6H2,1-2H3. The number of hydrogen-bond acceptors (Lipinski definition) is 4. The summed E-state index contributed by atoms with van der Waals surface area (Å²) < 4.78 is 5.51. The van der Waals surface area contributed by atoms with Gasteiger partial charge >= 0.3 is 0 Å². The first-order valence-corrected chi connectivity index (χ1v) is 6.41. The van der Waals surface area contributed by atoms with E-state index in [1.807, 2.05) is 13.1 Å². The van der Waals surface area contributed by atoms with Crippen LogP contribution in [0.5, 0.6) is 0 Å². The minimum atomic E-state index is 0.134. The normalized spacial score (nSPS) is 18.0. The number of nitrogens with one attached hydrogen (secondary N) is 1. The van der Waals surface area contributed by atoms with Crippen molar-refractivity contribution in [1.29, 1.82) is 0 Å². The van der Waals surface area contributed by atoms with Crippen LogP contribution in [0.2, 0.25) is 0 Å². The number of aromatic nitrogens is 1. The third-order valence-corrected chi connectivity index (χ3v) is 3.64. The van der Waals surface area contributed by atoms with Crippen LogP contribution in [-0.4, -0.2) is 17.6 Å². The molecule has 1 saturated carbocycles. The van der Waals surface area contributed by atoms with Crippen molar-refractivity contribution in [3.63, 3.8) is 0 Å². The molecule has 0 aromatic carbocycles. The minimum absolute atomic E-state index is 0.134. The van der Waals surface area contributed by atoms with E-state index in [0.717, 1.165) is 24.2 Å². The topological polar surface area (TPSA) is 34.1 Å². The van der Waals surface area contributed by atoms with Gasteiger partial charge in [0.25, 0.3) is 0 Å². The van der Waals surface area contributed by atoms with Gasteiger partial charge in [0, 0.05) is 30.3 Å². The van der Waals surface area contributed by atoms with E-state index < -0.39 is 0 Å². The lowest BCUT2D eigenvalue weighted by Crippen LogP contribution is -2.14. The van der Waals surface area contributed by atoms with E-state index in [1.54, 1.807) is 11.3 Å². The average molecular weight is 226 g/mol. The van der Waals surface area contributed by atoms with Gasteiger partial charge in [0.05, 0.1) is 0 Å². The zero-order valence-electron chi connectivity index (χ0n) is 9.32. The van der Waals surface area contributed by atoms with Crippen molar-refractivity contribution >= 4 is 11.3 Å². The van der Waals surface area contributed by atoms with Gasteiger partial charge in [-0.05, 0) is 26.7 Å². The maximum absolute atomic E-state index is 5.51. The fourth-order valence-corrected chi connectivity index (χ4v) is 2.31. The Hall–Kier alpha value is -0.450. The van der Waals surface area contributed by atoms with Crippen LogP contribution in [0.4, 0.5) is 0 Å². The number of hydrogen-bond donors (Lipinski definition) is 1. The smallest absolute Gasteiger partial charge is 0.121 e. The zero-order valence-corrected chi connectivity index (χ0v) is 10.1. The van der Waals surface area contributed by atoms with Crippen molar-refractivity contribution in [1.82, 2.24) is 10.3 Å². The Balaban J connectivity index is 1.84. The van der Waals surface area contributed by atoms with E-state index in [4.69, 9.17) is 4.74 Å². The molecule has 1 atom stereocenters. The van der Waals surface area contributed by atoms with Gasteiger partial charge in [-0.25, -0.2) is 4.98 Å². The van der Waals surface area contributed by atoms with E-state index in [1.165, 1.54) is 17.7 Å². The first-order chi connectivity index (χ1) is 7.29. The summed E-state index contributed by atoms with van der Waals surface area (Å²) in [5.41, 5.74) is 0. The molecular formula is C11H18N2OS. The van der Waals surface area contributed by atoms with Crippen LogP contribution < -0.4 is 5.32 Å². The van der Waals surface area contributed by atoms with Gasteiger partial charge in [-0.1, -0.05) is 0 Å². The first kappa shape index (κ1) is 11.0. The molecule has 15 heavy (non-hydrogen) atoms. The summed E-state index contributed by atoms with van der Waals surface area (Å²) in [6.07, 6.45) is 4.77. The van der Waals surface area contributed by atoms with E-state index >= 15 is 0 Å². The van der Waals surface area contributed by atoms with Crippen molar-refractivity contribution in [3.8, 4) is 0 Å². The molecule has 84 valence electrons. The molecule has 1 fully saturated rings. The molecule has 1 aliphatic carbocycles. The molecule has 2 rings (SSSR count). The number of ether oxygens (including phenoxy) is 1. The SMILES string of the molecule is CCOC(C)c1ncc(CNC2CC2)s1. The maximum Gasteiger partial charge on any atom is 0.121 e. The molecule has 0 saturated heterocycles. The molecule has 4 heteroatoms. The van der Waals surface area contributed by atoms with Gasteiger partial charge in [-0.2, -0.15) is 0 Å². The molecule has 1 N–H and O–H groups in total. The van der Waals surface area contributed by atoms with E-state index in [9.17, 15) is 0 Å². The van der Waals surface area contributed by atoms with Gasteiger partial charge in [-0.3, -0.25) is 0 Å². The predicted octanol–water partition coefficient (Wildman–Crippen LogP) is 2.49. The molecule has 0 radical (unpaired) electrons. The van der Waals surface area contributed by atoms with Gasteiger partial charge < -0.3 is 10.1 Å². The van der Waals surface area contributed by atoms with Crippen molar-refractivity contribution in [2.75, 3.05) is 6.61 Å². The monoisotopic (exact) mass is 226 g/mol. The third-order valence-electron chi connectivity index (χ3n) is 2.48. The molecule has 1 aromatic heterocycles. The lowest BCUT2D eigenvalue weighted by molar-refractivity contribution is 0.0762. The first-order valence-electron chi connectivity index (χ1n) is 5.59. The Morgan fingerprint density at radius 1 is 1.67 bits per heavy atom. The second-order valence-corrected chi connectivity index (χ2v) is 5.06. The van der Waals surface area contributed by atoms with E-state index in [-0.39, 0.29) is 6.10 Å². The highest BCUT2D eigenvalue weighted by molar-refractivity contribution is 7.11. The summed E-state index contributed by atoms with van der Waals surface area (Å²) in [4.78, 5) is 5.70. The molecule has 0 amide bonds. The Morgan fingerprint density at radius 3 is 3.13 bits per heavy atom. The summed E-state index contributed by atoms with van der Waals surface area (Å²) in [5, 5.41) is 4.57. The van der Waals surface area contributed by atoms with Crippen LogP contribution >= 0.6 is 11.3 Å². The Kier molecular flexibility index (Phi) is 3.72. The highest BCUT2D eigenvalue weighted by atomic mass is 32.1. The fraction of sp³-hybridized carbons (Fsp3) is 0.727. The highest BCUT2D eigenvalue weighted by Crippen LogP contribution is 2.24. The van der Waals surface area contributed by atoms with Gasteiger partial charge in [0.2, 0.25) is 0 Å². The molecule has 0 bridgehead atoms. The lowest BCUT2D eigenvalue weighted by Gasteiger charge is -2.06. The van der Waals surface area contributed by atoms with Crippen LogP contribution in [-0.2, 0) is 11.3 Å². The maximum atomic E-state index is 5.51. The summed E-state index contributed by atoms with van der Waals surface area (Å²) in [7, 11) is 0. The zero-order chi connectivity index (χ0) is 10.7. The molecule has 1 aromatic rings. The van der Waals surface area contributed by atoms with Crippen LogP contribution in [0.1, 0.15) is 42.7 Å². The molecule has 1 unspecified atom stereocenters. The Labute approximate surface area is 94.9 Å². The fourth-order valence-electron chi connectivity index (χ4n) is 1.45. The number of rotatable bonds is 6. The molecule has 0 aliphatic heterocycles. The summed E-state index contributed by atoms with van der Waals surface area (Å²) in [5.74, 6) is 0. The Morgan fingerprint density at radius 2 is 2.47 bits per heavy atom. The van der Waals surface area contributed by atoms with Crippen molar-refractivity contribution < 1.29 is 4.74 Å². The third kappa shape index (κ3) is 3.26.